The number of hydrogen-bond acceptors (Lipinski definition) is 4. The Bertz CT molecular complexity index is 692. The van der Waals surface area contributed by atoms with Crippen LogP contribution in [-0.2, 0) is 10.0 Å². The average molecular weight is 338 g/mol. The molecule has 6 nitrogen and oxygen atoms in total. The second kappa shape index (κ2) is 6.49. The Morgan fingerprint density at radius 3 is 2.52 bits per heavy atom. The van der Waals surface area contributed by atoms with Gasteiger partial charge in [0.1, 0.15) is 5.75 Å². The monoisotopic (exact) mass is 338 g/mol. The molecule has 0 radical (unpaired) electrons. The fraction of sp³-hybridized carbons (Fsp3) is 0.562. The largest absolute Gasteiger partial charge is 0.496 e. The zero-order valence-electron chi connectivity index (χ0n) is 13.2. The molecule has 1 N–H and O–H groups in total. The molecule has 0 spiro atoms. The SMILES string of the molecule is COc1ccc(S(=O)(=O)N2CCCCC2)cc1C(=O)NC1CC1. The molecule has 2 aliphatic rings. The van der Waals surface area contributed by atoms with Gasteiger partial charge in [-0.3, -0.25) is 4.79 Å². The Morgan fingerprint density at radius 2 is 1.91 bits per heavy atom. The van der Waals surface area contributed by atoms with Crippen molar-refractivity contribution in [1.29, 1.82) is 0 Å². The maximum atomic E-state index is 12.7. The molecule has 2 fully saturated rings. The summed E-state index contributed by atoms with van der Waals surface area (Å²) in [5.41, 5.74) is 0.275. The van der Waals surface area contributed by atoms with Crippen LogP contribution in [0.4, 0.5) is 0 Å². The van der Waals surface area contributed by atoms with Crippen molar-refractivity contribution in [2.75, 3.05) is 20.2 Å². The van der Waals surface area contributed by atoms with E-state index >= 15 is 0 Å². The maximum absolute atomic E-state index is 12.7. The Hall–Kier alpha value is -1.60. The molecule has 1 aliphatic carbocycles. The Balaban J connectivity index is 1.91. The number of methoxy groups -OCH3 is 1. The van der Waals surface area contributed by atoms with Crippen LogP contribution in [0.3, 0.4) is 0 Å². The van der Waals surface area contributed by atoms with E-state index in [0.717, 1.165) is 32.1 Å². The predicted molar refractivity (Wildman–Crippen MR) is 86.1 cm³/mol. The van der Waals surface area contributed by atoms with Crippen LogP contribution in [-0.4, -0.2) is 44.9 Å². The first-order valence-electron chi connectivity index (χ1n) is 8.01. The second-order valence-corrected chi connectivity index (χ2v) is 8.01. The third-order valence-electron chi connectivity index (χ3n) is 4.28. The molecule has 0 bridgehead atoms. The maximum Gasteiger partial charge on any atom is 0.255 e. The molecule has 3 rings (SSSR count). The molecule has 1 amide bonds. The van der Waals surface area contributed by atoms with Gasteiger partial charge in [-0.25, -0.2) is 8.42 Å². The summed E-state index contributed by atoms with van der Waals surface area (Å²) in [6, 6.07) is 4.70. The smallest absolute Gasteiger partial charge is 0.255 e. The van der Waals surface area contributed by atoms with E-state index in [1.165, 1.54) is 23.5 Å². The number of rotatable bonds is 5. The number of carbonyl (C=O) groups excluding carboxylic acids is 1. The molecule has 1 saturated heterocycles. The van der Waals surface area contributed by atoms with Crippen molar-refractivity contribution < 1.29 is 17.9 Å². The van der Waals surface area contributed by atoms with Crippen LogP contribution in [0, 0.1) is 0 Å². The number of sulfonamides is 1. The van der Waals surface area contributed by atoms with Crippen LogP contribution >= 0.6 is 0 Å². The third kappa shape index (κ3) is 3.50. The number of piperidine rings is 1. The quantitative estimate of drug-likeness (QED) is 0.888. The lowest BCUT2D eigenvalue weighted by Gasteiger charge is -2.26. The van der Waals surface area contributed by atoms with Crippen LogP contribution in [0.1, 0.15) is 42.5 Å². The molecule has 0 aromatic heterocycles. The first-order valence-corrected chi connectivity index (χ1v) is 9.45. The summed E-state index contributed by atoms with van der Waals surface area (Å²) in [7, 11) is -2.08. The van der Waals surface area contributed by atoms with E-state index in [0.29, 0.717) is 18.8 Å². The van der Waals surface area contributed by atoms with E-state index in [-0.39, 0.29) is 22.4 Å². The summed E-state index contributed by atoms with van der Waals surface area (Å²) in [6.07, 6.45) is 4.76. The van der Waals surface area contributed by atoms with Gasteiger partial charge < -0.3 is 10.1 Å². The standard InChI is InChI=1S/C16H22N2O4S/c1-22-15-8-7-13(11-14(15)16(19)17-12-5-6-12)23(20,21)18-9-3-2-4-10-18/h7-8,11-12H,2-6,9-10H2,1H3,(H,17,19). The fourth-order valence-corrected chi connectivity index (χ4v) is 4.31. The number of amides is 1. The van der Waals surface area contributed by atoms with Gasteiger partial charge in [0.05, 0.1) is 17.6 Å². The van der Waals surface area contributed by atoms with Crippen molar-refractivity contribution in [3.63, 3.8) is 0 Å². The summed E-state index contributed by atoms with van der Waals surface area (Å²) in [5.74, 6) is 0.112. The van der Waals surface area contributed by atoms with E-state index in [9.17, 15) is 13.2 Å². The molecular weight excluding hydrogens is 316 g/mol. The van der Waals surface area contributed by atoms with Crippen molar-refractivity contribution in [2.45, 2.75) is 43.0 Å². The van der Waals surface area contributed by atoms with Crippen LogP contribution < -0.4 is 10.1 Å². The molecule has 126 valence electrons. The summed E-state index contributed by atoms with van der Waals surface area (Å²) in [4.78, 5) is 12.5. The average Bonchev–Trinajstić information content (AvgIpc) is 3.39. The number of carbonyl (C=O) groups is 1. The molecular formula is C16H22N2O4S. The van der Waals surface area contributed by atoms with Crippen LogP contribution in [0.2, 0.25) is 0 Å². The van der Waals surface area contributed by atoms with Gasteiger partial charge in [-0.05, 0) is 43.9 Å². The first kappa shape index (κ1) is 16.3. The molecule has 7 heteroatoms. The highest BCUT2D eigenvalue weighted by Gasteiger charge is 2.29. The van der Waals surface area contributed by atoms with Gasteiger partial charge in [0, 0.05) is 19.1 Å². The van der Waals surface area contributed by atoms with Crippen molar-refractivity contribution >= 4 is 15.9 Å². The van der Waals surface area contributed by atoms with E-state index in [4.69, 9.17) is 4.74 Å². The second-order valence-electron chi connectivity index (χ2n) is 6.07. The van der Waals surface area contributed by atoms with Gasteiger partial charge in [0.15, 0.2) is 0 Å². The van der Waals surface area contributed by atoms with Crippen LogP contribution in [0.5, 0.6) is 5.75 Å². The van der Waals surface area contributed by atoms with E-state index in [2.05, 4.69) is 5.32 Å². The van der Waals surface area contributed by atoms with Gasteiger partial charge in [0.25, 0.3) is 5.91 Å². The van der Waals surface area contributed by atoms with Crippen LogP contribution in [0.15, 0.2) is 23.1 Å². The first-order chi connectivity index (χ1) is 11.0. The van der Waals surface area contributed by atoms with Gasteiger partial charge in [0.2, 0.25) is 10.0 Å². The summed E-state index contributed by atoms with van der Waals surface area (Å²) >= 11 is 0. The molecule has 0 atom stereocenters. The summed E-state index contributed by atoms with van der Waals surface area (Å²) < 4.78 is 32.2. The van der Waals surface area contributed by atoms with Gasteiger partial charge in [-0.2, -0.15) is 4.31 Å². The molecule has 1 aromatic carbocycles. The molecule has 1 aliphatic heterocycles. The number of nitrogens with one attached hydrogen (secondary N) is 1. The number of benzene rings is 1. The number of hydrogen-bond donors (Lipinski definition) is 1. The molecule has 1 aromatic rings. The summed E-state index contributed by atoms with van der Waals surface area (Å²) in [5, 5.41) is 2.88. The van der Waals surface area contributed by atoms with Crippen molar-refractivity contribution in [2.24, 2.45) is 0 Å². The van der Waals surface area contributed by atoms with Crippen molar-refractivity contribution in [3.05, 3.63) is 23.8 Å². The molecule has 1 heterocycles. The van der Waals surface area contributed by atoms with Gasteiger partial charge in [-0.15, -0.1) is 0 Å². The minimum absolute atomic E-state index is 0.154. The Morgan fingerprint density at radius 1 is 1.22 bits per heavy atom. The van der Waals surface area contributed by atoms with E-state index < -0.39 is 10.0 Å². The Labute approximate surface area is 136 Å². The summed E-state index contributed by atoms with van der Waals surface area (Å²) in [6.45, 7) is 1.08. The normalized spacial score (nSPS) is 19.3. The lowest BCUT2D eigenvalue weighted by Crippen LogP contribution is -2.35. The van der Waals surface area contributed by atoms with E-state index in [1.54, 1.807) is 6.07 Å². The van der Waals surface area contributed by atoms with Crippen molar-refractivity contribution in [1.82, 2.24) is 9.62 Å². The predicted octanol–water partition coefficient (Wildman–Crippen LogP) is 1.76. The number of ether oxygens (including phenoxy) is 1. The highest BCUT2D eigenvalue weighted by Crippen LogP contribution is 2.27. The minimum atomic E-state index is -3.56. The Kier molecular flexibility index (Phi) is 4.59. The highest BCUT2D eigenvalue weighted by molar-refractivity contribution is 7.89. The van der Waals surface area contributed by atoms with Crippen LogP contribution in [0.25, 0.3) is 0 Å². The van der Waals surface area contributed by atoms with Gasteiger partial charge in [-0.1, -0.05) is 6.42 Å². The molecule has 23 heavy (non-hydrogen) atoms. The zero-order valence-corrected chi connectivity index (χ0v) is 14.1. The number of nitrogens with zero attached hydrogens (tertiary/aromatic N) is 1. The molecule has 0 unspecified atom stereocenters. The highest BCUT2D eigenvalue weighted by atomic mass is 32.2. The third-order valence-corrected chi connectivity index (χ3v) is 6.18. The lowest BCUT2D eigenvalue weighted by atomic mass is 10.2. The lowest BCUT2D eigenvalue weighted by molar-refractivity contribution is 0.0948. The zero-order chi connectivity index (χ0) is 16.4. The van der Waals surface area contributed by atoms with Crippen molar-refractivity contribution in [3.8, 4) is 5.75 Å². The fourth-order valence-electron chi connectivity index (χ4n) is 2.77. The molecule has 1 saturated carbocycles. The topological polar surface area (TPSA) is 75.7 Å². The minimum Gasteiger partial charge on any atom is -0.496 e. The van der Waals surface area contributed by atoms with E-state index in [1.807, 2.05) is 0 Å². The van der Waals surface area contributed by atoms with Gasteiger partial charge >= 0.3 is 0 Å².